The zero-order valence-electron chi connectivity index (χ0n) is 18.6. The van der Waals surface area contributed by atoms with Crippen LogP contribution in [0.2, 0.25) is 0 Å². The fraction of sp³-hybridized carbons (Fsp3) is 0.609. The predicted octanol–water partition coefficient (Wildman–Crippen LogP) is 1.82. The number of nitrogens with one attached hydrogen (secondary N) is 2. The third-order valence-corrected chi connectivity index (χ3v) is 6.42. The maximum absolute atomic E-state index is 12.7. The van der Waals surface area contributed by atoms with E-state index >= 15 is 0 Å². The Labute approximate surface area is 189 Å². The van der Waals surface area contributed by atoms with Gasteiger partial charge in [-0.1, -0.05) is 0 Å². The molecule has 0 saturated carbocycles. The predicted molar refractivity (Wildman–Crippen MR) is 121 cm³/mol. The molecule has 3 heterocycles. The van der Waals surface area contributed by atoms with Gasteiger partial charge in [-0.25, -0.2) is 4.79 Å². The van der Waals surface area contributed by atoms with Crippen molar-refractivity contribution in [2.75, 3.05) is 69.7 Å². The molecule has 0 atom stereocenters. The van der Waals surface area contributed by atoms with Crippen molar-refractivity contribution in [3.05, 3.63) is 24.3 Å². The Morgan fingerprint density at radius 1 is 0.812 bits per heavy atom. The largest absolute Gasteiger partial charge is 0.379 e. The molecule has 3 aliphatic heterocycles. The second-order valence-electron chi connectivity index (χ2n) is 8.74. The summed E-state index contributed by atoms with van der Waals surface area (Å²) >= 11 is 0. The molecule has 174 valence electrons. The van der Waals surface area contributed by atoms with Crippen molar-refractivity contribution in [2.45, 2.75) is 25.7 Å². The van der Waals surface area contributed by atoms with Crippen LogP contribution in [0.5, 0.6) is 0 Å². The van der Waals surface area contributed by atoms with Crippen LogP contribution in [0.15, 0.2) is 24.3 Å². The maximum Gasteiger partial charge on any atom is 0.319 e. The smallest absolute Gasteiger partial charge is 0.319 e. The summed E-state index contributed by atoms with van der Waals surface area (Å²) in [5.41, 5.74) is 1.41. The Kier molecular flexibility index (Phi) is 7.59. The Balaban J connectivity index is 1.20. The van der Waals surface area contributed by atoms with Crippen LogP contribution in [-0.2, 0) is 14.3 Å². The number of morpholine rings is 1. The SMILES string of the molecule is O=C(CN1CCOCC1)Nc1ccc(NC(=O)C2CCN(C(=O)N3CCCC3)CC2)cc1. The van der Waals surface area contributed by atoms with Crippen LogP contribution in [0.4, 0.5) is 16.2 Å². The van der Waals surface area contributed by atoms with E-state index in [0.29, 0.717) is 57.1 Å². The number of carbonyl (C=O) groups excluding carboxylic acids is 3. The topological polar surface area (TPSA) is 94.2 Å². The highest BCUT2D eigenvalue weighted by molar-refractivity contribution is 5.94. The van der Waals surface area contributed by atoms with Crippen molar-refractivity contribution >= 4 is 29.2 Å². The number of carbonyl (C=O) groups is 3. The average molecular weight is 444 g/mol. The highest BCUT2D eigenvalue weighted by Crippen LogP contribution is 2.22. The molecule has 3 saturated heterocycles. The number of ether oxygens (including phenoxy) is 1. The van der Waals surface area contributed by atoms with Crippen molar-refractivity contribution in [3.8, 4) is 0 Å². The lowest BCUT2D eigenvalue weighted by Gasteiger charge is -2.34. The maximum atomic E-state index is 12.7. The van der Waals surface area contributed by atoms with Gasteiger partial charge in [-0.3, -0.25) is 14.5 Å². The van der Waals surface area contributed by atoms with Crippen molar-refractivity contribution in [2.24, 2.45) is 5.92 Å². The number of urea groups is 1. The molecule has 3 aliphatic rings. The van der Waals surface area contributed by atoms with Gasteiger partial charge in [0.05, 0.1) is 19.8 Å². The number of benzene rings is 1. The minimum Gasteiger partial charge on any atom is -0.379 e. The zero-order chi connectivity index (χ0) is 22.3. The van der Waals surface area contributed by atoms with Crippen LogP contribution in [-0.4, -0.2) is 91.6 Å². The van der Waals surface area contributed by atoms with Crippen LogP contribution < -0.4 is 10.6 Å². The number of rotatable bonds is 5. The normalized spacial score (nSPS) is 20.2. The molecule has 4 rings (SSSR count). The average Bonchev–Trinajstić information content (AvgIpc) is 3.36. The van der Waals surface area contributed by atoms with Gasteiger partial charge in [-0.05, 0) is 49.9 Å². The van der Waals surface area contributed by atoms with Crippen LogP contribution in [0.25, 0.3) is 0 Å². The van der Waals surface area contributed by atoms with E-state index in [1.807, 2.05) is 9.80 Å². The monoisotopic (exact) mass is 443 g/mol. The molecule has 32 heavy (non-hydrogen) atoms. The minimum atomic E-state index is -0.0921. The lowest BCUT2D eigenvalue weighted by atomic mass is 9.96. The van der Waals surface area contributed by atoms with Gasteiger partial charge in [-0.2, -0.15) is 0 Å². The van der Waals surface area contributed by atoms with Gasteiger partial charge in [-0.15, -0.1) is 0 Å². The summed E-state index contributed by atoms with van der Waals surface area (Å²) in [4.78, 5) is 43.3. The van der Waals surface area contributed by atoms with E-state index in [1.165, 1.54) is 0 Å². The van der Waals surface area contributed by atoms with Gasteiger partial charge in [0.1, 0.15) is 0 Å². The van der Waals surface area contributed by atoms with E-state index in [9.17, 15) is 14.4 Å². The molecule has 0 bridgehead atoms. The number of hydrogen-bond donors (Lipinski definition) is 2. The Bertz CT molecular complexity index is 795. The first-order chi connectivity index (χ1) is 15.6. The fourth-order valence-electron chi connectivity index (χ4n) is 4.49. The first-order valence-corrected chi connectivity index (χ1v) is 11.6. The number of likely N-dealkylation sites (tertiary alicyclic amines) is 2. The first kappa shape index (κ1) is 22.5. The van der Waals surface area contributed by atoms with E-state index in [1.54, 1.807) is 24.3 Å². The summed E-state index contributed by atoms with van der Waals surface area (Å²) in [6.07, 6.45) is 3.53. The Morgan fingerprint density at radius 2 is 1.38 bits per heavy atom. The summed E-state index contributed by atoms with van der Waals surface area (Å²) in [6, 6.07) is 7.31. The van der Waals surface area contributed by atoms with Crippen molar-refractivity contribution < 1.29 is 19.1 Å². The lowest BCUT2D eigenvalue weighted by Crippen LogP contribution is -2.47. The third kappa shape index (κ3) is 5.98. The molecule has 0 spiro atoms. The molecule has 3 fully saturated rings. The van der Waals surface area contributed by atoms with Crippen LogP contribution in [0.3, 0.4) is 0 Å². The van der Waals surface area contributed by atoms with E-state index in [2.05, 4.69) is 15.5 Å². The molecule has 1 aromatic carbocycles. The number of nitrogens with zero attached hydrogens (tertiary/aromatic N) is 3. The number of anilines is 2. The minimum absolute atomic E-state index is 0.0117. The van der Waals surface area contributed by atoms with Gasteiger partial charge in [0.15, 0.2) is 0 Å². The quantitative estimate of drug-likeness (QED) is 0.724. The first-order valence-electron chi connectivity index (χ1n) is 11.6. The molecule has 9 nitrogen and oxygen atoms in total. The standard InChI is InChI=1S/C23H33N5O4/c29-21(17-26-13-15-32-16-14-26)24-19-3-5-20(6-4-19)25-22(30)18-7-11-28(12-8-18)23(31)27-9-1-2-10-27/h3-6,18H,1-2,7-17H2,(H,24,29)(H,25,30). The number of hydrogen-bond acceptors (Lipinski definition) is 5. The molecule has 0 unspecified atom stereocenters. The summed E-state index contributed by atoms with van der Waals surface area (Å²) < 4.78 is 5.30. The van der Waals surface area contributed by atoms with E-state index < -0.39 is 0 Å². The van der Waals surface area contributed by atoms with Gasteiger partial charge < -0.3 is 25.2 Å². The van der Waals surface area contributed by atoms with Crippen molar-refractivity contribution in [1.29, 1.82) is 0 Å². The highest BCUT2D eigenvalue weighted by atomic mass is 16.5. The van der Waals surface area contributed by atoms with Gasteiger partial charge in [0.2, 0.25) is 11.8 Å². The van der Waals surface area contributed by atoms with E-state index in [4.69, 9.17) is 4.74 Å². The molecule has 0 aromatic heterocycles. The van der Waals surface area contributed by atoms with Crippen LogP contribution in [0.1, 0.15) is 25.7 Å². The van der Waals surface area contributed by atoms with Crippen molar-refractivity contribution in [1.82, 2.24) is 14.7 Å². The zero-order valence-corrected chi connectivity index (χ0v) is 18.6. The molecular weight excluding hydrogens is 410 g/mol. The Hall–Kier alpha value is -2.65. The van der Waals surface area contributed by atoms with Crippen molar-refractivity contribution in [3.63, 3.8) is 0 Å². The fourth-order valence-corrected chi connectivity index (χ4v) is 4.49. The van der Waals surface area contributed by atoms with Gasteiger partial charge >= 0.3 is 6.03 Å². The molecule has 0 aliphatic carbocycles. The summed E-state index contributed by atoms with van der Waals surface area (Å²) in [5.74, 6) is -0.160. The lowest BCUT2D eigenvalue weighted by molar-refractivity contribution is -0.121. The summed E-state index contributed by atoms with van der Waals surface area (Å²) in [6.45, 7) is 6.16. The van der Waals surface area contributed by atoms with Crippen LogP contribution >= 0.6 is 0 Å². The van der Waals surface area contributed by atoms with E-state index in [0.717, 1.165) is 39.0 Å². The second-order valence-corrected chi connectivity index (χ2v) is 8.74. The third-order valence-electron chi connectivity index (χ3n) is 6.42. The molecule has 9 heteroatoms. The molecule has 2 N–H and O–H groups in total. The molecule has 1 aromatic rings. The Morgan fingerprint density at radius 3 is 2.00 bits per heavy atom. The second kappa shape index (κ2) is 10.8. The summed E-state index contributed by atoms with van der Waals surface area (Å²) in [5, 5.41) is 5.87. The van der Waals surface area contributed by atoms with Crippen LogP contribution in [0, 0.1) is 5.92 Å². The van der Waals surface area contributed by atoms with Gasteiger partial charge in [0, 0.05) is 56.6 Å². The highest BCUT2D eigenvalue weighted by Gasteiger charge is 2.30. The number of piperidine rings is 1. The molecule has 4 amide bonds. The molecular formula is C23H33N5O4. The number of amides is 4. The molecule has 0 radical (unpaired) electrons. The van der Waals surface area contributed by atoms with E-state index in [-0.39, 0.29) is 23.8 Å². The van der Waals surface area contributed by atoms with Gasteiger partial charge in [0.25, 0.3) is 0 Å². The summed E-state index contributed by atoms with van der Waals surface area (Å²) in [7, 11) is 0.